The Morgan fingerprint density at radius 1 is 1.43 bits per heavy atom. The SMILES string of the molecule is C=C(C)C1(C)CC[C@H](C)C(C)(C)C1=O. The zero-order valence-electron chi connectivity index (χ0n) is 10.1. The molecular weight excluding hydrogens is 172 g/mol. The van der Waals surface area contributed by atoms with Gasteiger partial charge in [0.25, 0.3) is 0 Å². The molecule has 0 aromatic carbocycles. The molecule has 80 valence electrons. The summed E-state index contributed by atoms with van der Waals surface area (Å²) in [5.74, 6) is 0.860. The Bertz CT molecular complexity index is 275. The van der Waals surface area contributed by atoms with Crippen LogP contribution >= 0.6 is 0 Å². The van der Waals surface area contributed by atoms with E-state index in [0.29, 0.717) is 11.7 Å². The summed E-state index contributed by atoms with van der Waals surface area (Å²) < 4.78 is 0. The van der Waals surface area contributed by atoms with Crippen LogP contribution in [0.4, 0.5) is 0 Å². The standard InChI is InChI=1S/C13H22O/c1-9(2)13(6)8-7-10(3)12(4,5)11(13)14/h10H,1,7-8H2,2-6H3/t10-,13?/m0/s1. The van der Waals surface area contributed by atoms with Crippen LogP contribution in [0.1, 0.15) is 47.5 Å². The van der Waals surface area contributed by atoms with Crippen molar-refractivity contribution in [2.24, 2.45) is 16.7 Å². The molecule has 14 heavy (non-hydrogen) atoms. The quantitative estimate of drug-likeness (QED) is 0.583. The lowest BCUT2D eigenvalue weighted by atomic mass is 9.57. The minimum atomic E-state index is -0.282. The van der Waals surface area contributed by atoms with Gasteiger partial charge in [0, 0.05) is 10.8 Å². The van der Waals surface area contributed by atoms with Gasteiger partial charge in [0.2, 0.25) is 0 Å². The number of carbonyl (C=O) groups is 1. The Balaban J connectivity index is 3.08. The van der Waals surface area contributed by atoms with E-state index >= 15 is 0 Å². The molecule has 1 rings (SSSR count). The first-order chi connectivity index (χ1) is 6.23. The van der Waals surface area contributed by atoms with E-state index in [9.17, 15) is 4.79 Å². The summed E-state index contributed by atoms with van der Waals surface area (Å²) in [6, 6.07) is 0. The Morgan fingerprint density at radius 3 is 2.36 bits per heavy atom. The van der Waals surface area contributed by atoms with Gasteiger partial charge in [0.05, 0.1) is 0 Å². The van der Waals surface area contributed by atoms with Gasteiger partial charge in [0.1, 0.15) is 5.78 Å². The van der Waals surface area contributed by atoms with Crippen LogP contribution in [0.15, 0.2) is 12.2 Å². The van der Waals surface area contributed by atoms with Crippen LogP contribution in [0.3, 0.4) is 0 Å². The molecular formula is C13H22O. The smallest absolute Gasteiger partial charge is 0.148 e. The van der Waals surface area contributed by atoms with E-state index in [2.05, 4.69) is 27.4 Å². The van der Waals surface area contributed by atoms with E-state index in [1.165, 1.54) is 0 Å². The first-order valence-electron chi connectivity index (χ1n) is 5.44. The summed E-state index contributed by atoms with van der Waals surface area (Å²) in [5.41, 5.74) is 0.546. The van der Waals surface area contributed by atoms with Crippen molar-refractivity contribution in [3.8, 4) is 0 Å². The third-order valence-corrected chi connectivity index (χ3v) is 4.34. The minimum absolute atomic E-state index is 0.189. The molecule has 0 radical (unpaired) electrons. The maximum atomic E-state index is 12.4. The van der Waals surface area contributed by atoms with Gasteiger partial charge in [-0.05, 0) is 32.6 Å². The Hall–Kier alpha value is -0.590. The lowest BCUT2D eigenvalue weighted by molar-refractivity contribution is -0.141. The van der Waals surface area contributed by atoms with Crippen molar-refractivity contribution in [3.63, 3.8) is 0 Å². The Morgan fingerprint density at radius 2 is 1.93 bits per heavy atom. The minimum Gasteiger partial charge on any atom is -0.298 e. The summed E-state index contributed by atoms with van der Waals surface area (Å²) in [7, 11) is 0. The normalized spacial score (nSPS) is 36.9. The van der Waals surface area contributed by atoms with Crippen LogP contribution in [0.25, 0.3) is 0 Å². The number of ketones is 1. The van der Waals surface area contributed by atoms with Gasteiger partial charge >= 0.3 is 0 Å². The highest BCUT2D eigenvalue weighted by Gasteiger charge is 2.49. The van der Waals surface area contributed by atoms with E-state index in [0.717, 1.165) is 18.4 Å². The molecule has 1 unspecified atom stereocenters. The van der Waals surface area contributed by atoms with Crippen molar-refractivity contribution in [1.82, 2.24) is 0 Å². The van der Waals surface area contributed by atoms with Crippen molar-refractivity contribution < 1.29 is 4.79 Å². The van der Waals surface area contributed by atoms with Crippen molar-refractivity contribution >= 4 is 5.78 Å². The second-order valence-electron chi connectivity index (χ2n) is 5.60. The van der Waals surface area contributed by atoms with Crippen LogP contribution in [0, 0.1) is 16.7 Å². The van der Waals surface area contributed by atoms with Crippen molar-refractivity contribution in [3.05, 3.63) is 12.2 Å². The van der Waals surface area contributed by atoms with Gasteiger partial charge < -0.3 is 0 Å². The molecule has 0 bridgehead atoms. The maximum Gasteiger partial charge on any atom is 0.148 e. The molecule has 2 atom stereocenters. The molecule has 1 heteroatoms. The van der Waals surface area contributed by atoms with E-state index < -0.39 is 0 Å². The van der Waals surface area contributed by atoms with Gasteiger partial charge in [-0.15, -0.1) is 0 Å². The first kappa shape index (κ1) is 11.5. The van der Waals surface area contributed by atoms with Crippen LogP contribution < -0.4 is 0 Å². The average molecular weight is 194 g/mol. The number of hydrogen-bond acceptors (Lipinski definition) is 1. The van der Waals surface area contributed by atoms with E-state index in [4.69, 9.17) is 0 Å². The molecule has 0 saturated heterocycles. The number of carbonyl (C=O) groups excluding carboxylic acids is 1. The molecule has 0 N–H and O–H groups in total. The summed E-state index contributed by atoms with van der Waals surface area (Å²) in [6.07, 6.45) is 2.09. The zero-order valence-corrected chi connectivity index (χ0v) is 10.1. The van der Waals surface area contributed by atoms with Crippen molar-refractivity contribution in [2.75, 3.05) is 0 Å². The fourth-order valence-corrected chi connectivity index (χ4v) is 2.32. The second-order valence-corrected chi connectivity index (χ2v) is 5.60. The highest BCUT2D eigenvalue weighted by molar-refractivity contribution is 5.92. The predicted octanol–water partition coefficient (Wildman–Crippen LogP) is 3.59. The van der Waals surface area contributed by atoms with Crippen LogP contribution in [-0.4, -0.2) is 5.78 Å². The monoisotopic (exact) mass is 194 g/mol. The topological polar surface area (TPSA) is 17.1 Å². The molecule has 1 aliphatic rings. The molecule has 0 heterocycles. The molecule has 1 aliphatic carbocycles. The highest BCUT2D eigenvalue weighted by Crippen LogP contribution is 2.48. The average Bonchev–Trinajstić information content (AvgIpc) is 2.09. The van der Waals surface area contributed by atoms with Gasteiger partial charge in [-0.25, -0.2) is 0 Å². The van der Waals surface area contributed by atoms with Crippen LogP contribution in [0.5, 0.6) is 0 Å². The lowest BCUT2D eigenvalue weighted by Gasteiger charge is -2.45. The van der Waals surface area contributed by atoms with Crippen molar-refractivity contribution in [2.45, 2.75) is 47.5 Å². The van der Waals surface area contributed by atoms with E-state index in [1.54, 1.807) is 0 Å². The third kappa shape index (κ3) is 1.43. The molecule has 0 aromatic rings. The van der Waals surface area contributed by atoms with Crippen molar-refractivity contribution in [1.29, 1.82) is 0 Å². The number of rotatable bonds is 1. The summed E-state index contributed by atoms with van der Waals surface area (Å²) in [6.45, 7) is 14.3. The first-order valence-corrected chi connectivity index (χ1v) is 5.44. The fourth-order valence-electron chi connectivity index (χ4n) is 2.32. The van der Waals surface area contributed by atoms with E-state index in [1.807, 2.05) is 13.8 Å². The van der Waals surface area contributed by atoms with Crippen LogP contribution in [-0.2, 0) is 4.79 Å². The van der Waals surface area contributed by atoms with Gasteiger partial charge in [-0.2, -0.15) is 0 Å². The maximum absolute atomic E-state index is 12.4. The number of Topliss-reactive ketones (excluding diaryl/α,β-unsaturated/α-hetero) is 1. The Kier molecular flexibility index (Phi) is 2.64. The molecule has 0 aliphatic heterocycles. The highest BCUT2D eigenvalue weighted by atomic mass is 16.1. The van der Waals surface area contributed by atoms with Gasteiger partial charge in [0.15, 0.2) is 0 Å². The molecule has 1 saturated carbocycles. The van der Waals surface area contributed by atoms with Gasteiger partial charge in [-0.1, -0.05) is 32.9 Å². The van der Waals surface area contributed by atoms with Crippen LogP contribution in [0.2, 0.25) is 0 Å². The zero-order chi connectivity index (χ0) is 11.1. The molecule has 1 nitrogen and oxygen atoms in total. The third-order valence-electron chi connectivity index (χ3n) is 4.34. The summed E-state index contributed by atoms with van der Waals surface area (Å²) in [5, 5.41) is 0. The lowest BCUT2D eigenvalue weighted by Crippen LogP contribution is -2.47. The molecule has 0 spiro atoms. The number of hydrogen-bond donors (Lipinski definition) is 0. The Labute approximate surface area is 87.6 Å². The summed E-state index contributed by atoms with van der Waals surface area (Å²) >= 11 is 0. The number of allylic oxidation sites excluding steroid dienone is 1. The molecule has 0 amide bonds. The molecule has 0 aromatic heterocycles. The second kappa shape index (κ2) is 3.22. The fraction of sp³-hybridized carbons (Fsp3) is 0.769. The van der Waals surface area contributed by atoms with E-state index in [-0.39, 0.29) is 10.8 Å². The van der Waals surface area contributed by atoms with Gasteiger partial charge in [-0.3, -0.25) is 4.79 Å². The summed E-state index contributed by atoms with van der Waals surface area (Å²) in [4.78, 5) is 12.4. The molecule has 1 fully saturated rings. The predicted molar refractivity (Wildman–Crippen MR) is 60.1 cm³/mol. The largest absolute Gasteiger partial charge is 0.298 e.